The molecule has 1 saturated heterocycles. The molecule has 0 aliphatic carbocycles. The van der Waals surface area contributed by atoms with Gasteiger partial charge in [0.25, 0.3) is 0 Å². The Labute approximate surface area is 235 Å². The molecule has 0 aromatic carbocycles. The molecule has 14 heteroatoms. The lowest BCUT2D eigenvalue weighted by molar-refractivity contribution is -0.123. The second kappa shape index (κ2) is 14.4. The van der Waals surface area contributed by atoms with Crippen LogP contribution in [0.15, 0.2) is 33.1 Å². The van der Waals surface area contributed by atoms with E-state index in [9.17, 15) is 9.59 Å². The summed E-state index contributed by atoms with van der Waals surface area (Å²) < 4.78 is 9.98. The highest BCUT2D eigenvalue weighted by atomic mass is 32.2. The summed E-state index contributed by atoms with van der Waals surface area (Å²) in [4.78, 5) is 39.4. The van der Waals surface area contributed by atoms with E-state index in [0.29, 0.717) is 24.9 Å². The van der Waals surface area contributed by atoms with Crippen LogP contribution in [-0.2, 0) is 9.53 Å². The Morgan fingerprint density at radius 1 is 1.31 bits per heavy atom. The van der Waals surface area contributed by atoms with Gasteiger partial charge in [0.05, 0.1) is 40.8 Å². The molecule has 4 rings (SSSR count). The Kier molecular flexibility index (Phi) is 11.0. The summed E-state index contributed by atoms with van der Waals surface area (Å²) in [5, 5.41) is 13.9. The molecule has 1 N–H and O–H groups in total. The summed E-state index contributed by atoms with van der Waals surface area (Å²) >= 11 is 3.27. The van der Waals surface area contributed by atoms with E-state index in [1.807, 2.05) is 44.5 Å². The third kappa shape index (κ3) is 8.35. The van der Waals surface area contributed by atoms with Crippen molar-refractivity contribution in [1.29, 1.82) is 0 Å². The Bertz CT molecular complexity index is 1290. The van der Waals surface area contributed by atoms with Crippen LogP contribution < -0.4 is 5.32 Å². The minimum Gasteiger partial charge on any atom is -0.453 e. The standard InChI is InChI=1S/C15H18N4S2.C10H14N4O4/c1-10-5-6-14(17-7-10)18-9-20-8-13(16-4)15-11(2)19-12(3)21-15;1-7-11-12-9(18-7)8-5-13(10(16)17-2)3-4-14(8)6-15/h5-8H,4,9H2,1-3H3,(H,17,18);6,8H,3-5H2,1-2H3/b13-8-;/t;8-/m.0/s1. The summed E-state index contributed by atoms with van der Waals surface area (Å²) in [7, 11) is 1.32. The molecular weight excluding hydrogens is 540 g/mol. The maximum absolute atomic E-state index is 11.5. The summed E-state index contributed by atoms with van der Waals surface area (Å²) in [6.45, 7) is 12.5. The highest BCUT2D eigenvalue weighted by Gasteiger charge is 2.33. The van der Waals surface area contributed by atoms with Gasteiger partial charge in [0.2, 0.25) is 18.2 Å². The molecule has 2 amide bonds. The molecule has 208 valence electrons. The third-order valence-electron chi connectivity index (χ3n) is 5.57. The number of aryl methyl sites for hydroxylation is 4. The summed E-state index contributed by atoms with van der Waals surface area (Å²) in [5.74, 6) is 2.35. The van der Waals surface area contributed by atoms with Gasteiger partial charge in [-0.3, -0.25) is 9.79 Å². The fourth-order valence-corrected chi connectivity index (χ4v) is 5.26. The van der Waals surface area contributed by atoms with E-state index in [0.717, 1.165) is 44.9 Å². The molecule has 3 aromatic rings. The van der Waals surface area contributed by atoms with Gasteiger partial charge in [0.15, 0.2) is 0 Å². The Balaban J connectivity index is 0.000000218. The van der Waals surface area contributed by atoms with Crippen LogP contribution in [0.25, 0.3) is 5.70 Å². The molecule has 39 heavy (non-hydrogen) atoms. The first-order valence-corrected chi connectivity index (χ1v) is 13.9. The van der Waals surface area contributed by atoms with Gasteiger partial charge in [0, 0.05) is 26.2 Å². The second-order valence-electron chi connectivity index (χ2n) is 8.45. The lowest BCUT2D eigenvalue weighted by Gasteiger charge is -2.36. The van der Waals surface area contributed by atoms with Gasteiger partial charge in [-0.05, 0) is 44.5 Å². The van der Waals surface area contributed by atoms with Crippen LogP contribution in [0, 0.1) is 27.7 Å². The zero-order valence-corrected chi connectivity index (χ0v) is 24.2. The monoisotopic (exact) mass is 572 g/mol. The third-order valence-corrected chi connectivity index (χ3v) is 7.36. The molecule has 3 aromatic heterocycles. The molecule has 4 heterocycles. The number of nitrogens with one attached hydrogen (secondary N) is 1. The molecule has 1 aliphatic rings. The summed E-state index contributed by atoms with van der Waals surface area (Å²) in [6, 6.07) is 3.59. The van der Waals surface area contributed by atoms with Crippen LogP contribution in [0.4, 0.5) is 10.6 Å². The number of nitrogens with zero attached hydrogens (tertiary/aromatic N) is 7. The van der Waals surface area contributed by atoms with E-state index in [1.54, 1.807) is 30.0 Å². The van der Waals surface area contributed by atoms with Crippen molar-refractivity contribution in [3.05, 3.63) is 56.7 Å². The number of carbonyl (C=O) groups is 2. The second-order valence-corrected chi connectivity index (χ2v) is 10.5. The number of hydrogen-bond donors (Lipinski definition) is 1. The fourth-order valence-electron chi connectivity index (χ4n) is 3.62. The molecule has 0 radical (unpaired) electrons. The van der Waals surface area contributed by atoms with Crippen molar-refractivity contribution >= 4 is 53.8 Å². The Morgan fingerprint density at radius 2 is 2.10 bits per heavy atom. The number of rotatable bonds is 8. The molecule has 1 atom stereocenters. The Morgan fingerprint density at radius 3 is 2.67 bits per heavy atom. The van der Waals surface area contributed by atoms with Crippen molar-refractivity contribution < 1.29 is 18.7 Å². The van der Waals surface area contributed by atoms with Crippen LogP contribution in [0.5, 0.6) is 0 Å². The molecular formula is C25H32N8O4S2. The topological polar surface area (TPSA) is 139 Å². The van der Waals surface area contributed by atoms with Crippen molar-refractivity contribution in [1.82, 2.24) is 30.0 Å². The first-order chi connectivity index (χ1) is 18.7. The molecule has 0 bridgehead atoms. The lowest BCUT2D eigenvalue weighted by Crippen LogP contribution is -2.50. The van der Waals surface area contributed by atoms with Crippen molar-refractivity contribution in [2.75, 3.05) is 37.9 Å². The van der Waals surface area contributed by atoms with E-state index in [2.05, 4.69) is 41.9 Å². The number of piperazine rings is 1. The normalized spacial score (nSPS) is 15.3. The van der Waals surface area contributed by atoms with Crippen LogP contribution in [0.3, 0.4) is 0 Å². The summed E-state index contributed by atoms with van der Waals surface area (Å²) in [6.07, 6.45) is 2.14. The van der Waals surface area contributed by atoms with Crippen LogP contribution >= 0.6 is 23.1 Å². The van der Waals surface area contributed by atoms with E-state index >= 15 is 0 Å². The number of anilines is 1. The zero-order chi connectivity index (χ0) is 28.4. The average Bonchev–Trinajstić information content (AvgIpc) is 3.53. The van der Waals surface area contributed by atoms with Crippen molar-refractivity contribution in [2.24, 2.45) is 4.99 Å². The Hall–Kier alpha value is -3.78. The molecule has 0 spiro atoms. The average molecular weight is 573 g/mol. The van der Waals surface area contributed by atoms with Gasteiger partial charge in [-0.15, -0.1) is 33.3 Å². The molecule has 0 saturated carbocycles. The maximum atomic E-state index is 11.5. The quantitative estimate of drug-likeness (QED) is 0.181. The number of methoxy groups -OCH3 is 1. The van der Waals surface area contributed by atoms with Crippen LogP contribution in [-0.4, -0.2) is 81.8 Å². The molecule has 1 aliphatic heterocycles. The maximum Gasteiger partial charge on any atom is 0.409 e. The predicted molar refractivity (Wildman–Crippen MR) is 153 cm³/mol. The van der Waals surface area contributed by atoms with E-state index in [4.69, 9.17) is 4.42 Å². The van der Waals surface area contributed by atoms with E-state index in [1.165, 1.54) is 16.9 Å². The molecule has 1 fully saturated rings. The van der Waals surface area contributed by atoms with Gasteiger partial charge in [-0.2, -0.15) is 0 Å². The van der Waals surface area contributed by atoms with Crippen molar-refractivity contribution in [3.8, 4) is 0 Å². The highest BCUT2D eigenvalue weighted by Crippen LogP contribution is 2.28. The summed E-state index contributed by atoms with van der Waals surface area (Å²) in [5.41, 5.74) is 3.04. The zero-order valence-electron chi connectivity index (χ0n) is 22.6. The predicted octanol–water partition coefficient (Wildman–Crippen LogP) is 4.22. The number of thiazole rings is 1. The minimum absolute atomic E-state index is 0.285. The SMILES string of the molecule is C=N/C(=C\SCNc1ccc(C)cn1)c1sc(C)nc1C.COC(=O)N1CCN(C=O)[C@H](c2nnc(C)o2)C1. The lowest BCUT2D eigenvalue weighted by atomic mass is 10.2. The number of hydrogen-bond acceptors (Lipinski definition) is 12. The first-order valence-electron chi connectivity index (χ1n) is 12.0. The highest BCUT2D eigenvalue weighted by molar-refractivity contribution is 8.02. The number of amides is 2. The number of aliphatic imine (C=N–C) groups is 1. The number of carbonyl (C=O) groups excluding carboxylic acids is 2. The number of aromatic nitrogens is 4. The number of ether oxygens (including phenoxy) is 1. The smallest absolute Gasteiger partial charge is 0.409 e. The van der Waals surface area contributed by atoms with Gasteiger partial charge >= 0.3 is 6.09 Å². The van der Waals surface area contributed by atoms with Gasteiger partial charge in [-0.1, -0.05) is 6.07 Å². The van der Waals surface area contributed by atoms with Gasteiger partial charge in [0.1, 0.15) is 11.9 Å². The first kappa shape index (κ1) is 29.8. The van der Waals surface area contributed by atoms with Gasteiger partial charge in [-0.25, -0.2) is 14.8 Å². The molecule has 12 nitrogen and oxygen atoms in total. The fraction of sp³-hybridized carbons (Fsp3) is 0.400. The molecule has 0 unspecified atom stereocenters. The van der Waals surface area contributed by atoms with Crippen molar-refractivity contribution in [3.63, 3.8) is 0 Å². The number of pyridine rings is 1. The van der Waals surface area contributed by atoms with E-state index in [-0.39, 0.29) is 6.54 Å². The minimum atomic E-state index is -0.429. The van der Waals surface area contributed by atoms with Crippen molar-refractivity contribution in [2.45, 2.75) is 33.7 Å². The van der Waals surface area contributed by atoms with Crippen LogP contribution in [0.2, 0.25) is 0 Å². The van der Waals surface area contributed by atoms with Crippen LogP contribution in [0.1, 0.15) is 39.0 Å². The number of thioether (sulfide) groups is 1. The van der Waals surface area contributed by atoms with E-state index < -0.39 is 12.1 Å². The largest absolute Gasteiger partial charge is 0.453 e. The van der Waals surface area contributed by atoms with Gasteiger partial charge < -0.3 is 24.3 Å².